The van der Waals surface area contributed by atoms with Crippen LogP contribution in [0.5, 0.6) is 0 Å². The number of hydrazine groups is 1. The topological polar surface area (TPSA) is 44.5 Å². The van der Waals surface area contributed by atoms with E-state index < -0.39 is 0 Å². The summed E-state index contributed by atoms with van der Waals surface area (Å²) in [6, 6.07) is 4.43. The van der Waals surface area contributed by atoms with Crippen molar-refractivity contribution < 1.29 is 4.39 Å². The van der Waals surface area contributed by atoms with Crippen molar-refractivity contribution in [1.82, 2.24) is 9.91 Å². The number of nitrogens with one attached hydrogen (secondary N) is 1. The van der Waals surface area contributed by atoms with Gasteiger partial charge in [-0.1, -0.05) is 12.2 Å². The minimum atomic E-state index is -0.332. The Balaban J connectivity index is 2.11. The molecule has 0 unspecified atom stereocenters. The van der Waals surface area contributed by atoms with Gasteiger partial charge in [-0.25, -0.2) is 9.40 Å². The van der Waals surface area contributed by atoms with E-state index in [9.17, 15) is 4.39 Å². The number of likely N-dealkylation sites (N-methyl/N-ethyl adjacent to an activating group) is 1. The monoisotopic (exact) mass is 268 g/mol. The van der Waals surface area contributed by atoms with Crippen LogP contribution in [0.25, 0.3) is 0 Å². The van der Waals surface area contributed by atoms with Gasteiger partial charge in [0.25, 0.3) is 0 Å². The highest BCUT2D eigenvalue weighted by molar-refractivity contribution is 7.80. The van der Waals surface area contributed by atoms with E-state index in [2.05, 4.69) is 22.4 Å². The summed E-state index contributed by atoms with van der Waals surface area (Å²) in [6.45, 7) is 3.81. The molecule has 1 aliphatic heterocycles. The first-order chi connectivity index (χ1) is 8.56. The van der Waals surface area contributed by atoms with Crippen molar-refractivity contribution in [2.75, 3.05) is 38.7 Å². The van der Waals surface area contributed by atoms with Gasteiger partial charge in [0.1, 0.15) is 10.8 Å². The van der Waals surface area contributed by atoms with Crippen LogP contribution < -0.4 is 11.2 Å². The van der Waals surface area contributed by atoms with Crippen LogP contribution in [0.1, 0.15) is 5.56 Å². The minimum absolute atomic E-state index is 0.200. The molecule has 18 heavy (non-hydrogen) atoms. The molecule has 3 N–H and O–H groups in total. The molecule has 0 bridgehead atoms. The molecule has 1 aromatic carbocycles. The quantitative estimate of drug-likeness (QED) is 0.802. The molecule has 0 aliphatic carbocycles. The summed E-state index contributed by atoms with van der Waals surface area (Å²) in [5.41, 5.74) is 10.2. The molecule has 0 radical (unpaired) electrons. The zero-order valence-corrected chi connectivity index (χ0v) is 11.1. The molecule has 1 saturated heterocycles. The number of benzene rings is 1. The fourth-order valence-corrected chi connectivity index (χ4v) is 2.08. The van der Waals surface area contributed by atoms with E-state index in [0.717, 1.165) is 31.9 Å². The van der Waals surface area contributed by atoms with Gasteiger partial charge in [0, 0.05) is 31.7 Å². The summed E-state index contributed by atoms with van der Waals surface area (Å²) in [5, 5.41) is 2.09. The summed E-state index contributed by atoms with van der Waals surface area (Å²) in [4.78, 5) is 2.46. The third-order valence-electron chi connectivity index (χ3n) is 3.03. The lowest BCUT2D eigenvalue weighted by Crippen LogP contribution is -2.47. The molecule has 0 spiro atoms. The lowest BCUT2D eigenvalue weighted by molar-refractivity contribution is 0.179. The second kappa shape index (κ2) is 5.60. The maximum atomic E-state index is 13.2. The first-order valence-corrected chi connectivity index (χ1v) is 6.26. The van der Waals surface area contributed by atoms with Crippen molar-refractivity contribution in [3.05, 3.63) is 29.6 Å². The standard InChI is InChI=1S/C12H17FN4S/c1-16-4-6-17(7-5-16)15-11-3-2-9(13)8-10(11)12(14)18/h2-3,8,15H,4-7H2,1H3,(H2,14,18). The molecule has 2 rings (SSSR count). The van der Waals surface area contributed by atoms with Crippen molar-refractivity contribution in [3.8, 4) is 0 Å². The Kier molecular flexibility index (Phi) is 4.11. The largest absolute Gasteiger partial charge is 0.389 e. The predicted molar refractivity (Wildman–Crippen MR) is 75.0 cm³/mol. The Hall–Kier alpha value is -1.24. The van der Waals surface area contributed by atoms with E-state index in [-0.39, 0.29) is 10.8 Å². The normalized spacial score (nSPS) is 17.7. The molecule has 1 fully saturated rings. The SMILES string of the molecule is CN1CCN(Nc2ccc(F)cc2C(N)=S)CC1. The van der Waals surface area contributed by atoms with Crippen molar-refractivity contribution >= 4 is 22.9 Å². The average molecular weight is 268 g/mol. The average Bonchev–Trinajstić information content (AvgIpc) is 2.34. The molecule has 1 aliphatic rings. The Labute approximate surface area is 112 Å². The molecule has 1 aromatic rings. The minimum Gasteiger partial charge on any atom is -0.389 e. The molecule has 0 atom stereocenters. The Bertz CT molecular complexity index is 444. The smallest absolute Gasteiger partial charge is 0.124 e. The fraction of sp³-hybridized carbons (Fsp3) is 0.417. The molecule has 0 saturated carbocycles. The third-order valence-corrected chi connectivity index (χ3v) is 3.25. The molecule has 0 aromatic heterocycles. The van der Waals surface area contributed by atoms with Crippen LogP contribution in [0, 0.1) is 5.82 Å². The lowest BCUT2D eigenvalue weighted by Gasteiger charge is -2.33. The number of nitrogens with zero attached hydrogens (tertiary/aromatic N) is 2. The van der Waals surface area contributed by atoms with E-state index in [1.807, 2.05) is 0 Å². The van der Waals surface area contributed by atoms with Gasteiger partial charge in [-0.3, -0.25) is 0 Å². The maximum absolute atomic E-state index is 13.2. The number of nitrogens with two attached hydrogens (primary N) is 1. The lowest BCUT2D eigenvalue weighted by atomic mass is 10.2. The third kappa shape index (κ3) is 3.16. The summed E-state index contributed by atoms with van der Waals surface area (Å²) < 4.78 is 13.2. The molecule has 0 amide bonds. The van der Waals surface area contributed by atoms with Crippen molar-refractivity contribution in [2.24, 2.45) is 5.73 Å². The van der Waals surface area contributed by atoms with E-state index in [1.54, 1.807) is 6.07 Å². The van der Waals surface area contributed by atoms with Crippen LogP contribution in [-0.4, -0.2) is 48.1 Å². The molecular formula is C12H17FN4S. The van der Waals surface area contributed by atoms with Gasteiger partial charge >= 0.3 is 0 Å². The van der Waals surface area contributed by atoms with E-state index in [0.29, 0.717) is 5.56 Å². The van der Waals surface area contributed by atoms with E-state index in [4.69, 9.17) is 18.0 Å². The molecule has 98 valence electrons. The first-order valence-electron chi connectivity index (χ1n) is 5.86. The highest BCUT2D eigenvalue weighted by Crippen LogP contribution is 2.18. The number of hydrogen-bond acceptors (Lipinski definition) is 4. The van der Waals surface area contributed by atoms with E-state index in [1.165, 1.54) is 12.1 Å². The highest BCUT2D eigenvalue weighted by Gasteiger charge is 2.15. The summed E-state index contributed by atoms with van der Waals surface area (Å²) in [7, 11) is 2.09. The Morgan fingerprint density at radius 3 is 2.61 bits per heavy atom. The fourth-order valence-electron chi connectivity index (χ4n) is 1.91. The number of piperazine rings is 1. The van der Waals surface area contributed by atoms with Crippen molar-refractivity contribution in [3.63, 3.8) is 0 Å². The Morgan fingerprint density at radius 1 is 1.33 bits per heavy atom. The highest BCUT2D eigenvalue weighted by atomic mass is 32.1. The predicted octanol–water partition coefficient (Wildman–Crippen LogP) is 1.03. The van der Waals surface area contributed by atoms with Crippen LogP contribution in [0.3, 0.4) is 0 Å². The van der Waals surface area contributed by atoms with Gasteiger partial charge < -0.3 is 16.1 Å². The van der Waals surface area contributed by atoms with Gasteiger partial charge in [0.15, 0.2) is 0 Å². The summed E-state index contributed by atoms with van der Waals surface area (Å²) >= 11 is 4.94. The van der Waals surface area contributed by atoms with Gasteiger partial charge in [0.2, 0.25) is 0 Å². The van der Waals surface area contributed by atoms with Crippen LogP contribution in [0.15, 0.2) is 18.2 Å². The van der Waals surface area contributed by atoms with Crippen molar-refractivity contribution in [2.45, 2.75) is 0 Å². The van der Waals surface area contributed by atoms with Crippen LogP contribution in [0.4, 0.5) is 10.1 Å². The second-order valence-electron chi connectivity index (χ2n) is 4.46. The number of anilines is 1. The molecule has 6 heteroatoms. The van der Waals surface area contributed by atoms with E-state index >= 15 is 0 Å². The summed E-state index contributed by atoms with van der Waals surface area (Å²) in [6.07, 6.45) is 0. The first kappa shape index (κ1) is 13.2. The maximum Gasteiger partial charge on any atom is 0.124 e. The van der Waals surface area contributed by atoms with Gasteiger partial charge in [-0.2, -0.15) is 0 Å². The number of halogens is 1. The van der Waals surface area contributed by atoms with Crippen molar-refractivity contribution in [1.29, 1.82) is 0 Å². The number of hydrogen-bond donors (Lipinski definition) is 2. The van der Waals surface area contributed by atoms with Gasteiger partial charge in [0.05, 0.1) is 5.69 Å². The van der Waals surface area contributed by atoms with Crippen LogP contribution >= 0.6 is 12.2 Å². The molecule has 4 nitrogen and oxygen atoms in total. The number of thiocarbonyl (C=S) groups is 1. The number of rotatable bonds is 3. The zero-order valence-electron chi connectivity index (χ0n) is 10.3. The zero-order chi connectivity index (χ0) is 13.1. The Morgan fingerprint density at radius 2 is 2.00 bits per heavy atom. The second-order valence-corrected chi connectivity index (χ2v) is 4.90. The molecular weight excluding hydrogens is 251 g/mol. The summed E-state index contributed by atoms with van der Waals surface area (Å²) in [5.74, 6) is -0.332. The molecule has 1 heterocycles. The van der Waals surface area contributed by atoms with Crippen LogP contribution in [0.2, 0.25) is 0 Å². The van der Waals surface area contributed by atoms with Gasteiger partial charge in [-0.15, -0.1) is 0 Å². The van der Waals surface area contributed by atoms with Crippen LogP contribution in [-0.2, 0) is 0 Å². The van der Waals surface area contributed by atoms with Gasteiger partial charge in [-0.05, 0) is 25.2 Å².